The van der Waals surface area contributed by atoms with Crippen LogP contribution in [0, 0.1) is 18.6 Å². The standard InChI is InChI=1S/C14H21F2N/c1-4-6-11(7-5-2)17-14-12(15)9-8-10(3)13(14)16/h8-9,11,17H,4-7H2,1-3H3. The van der Waals surface area contributed by atoms with Crippen molar-refractivity contribution < 1.29 is 8.78 Å². The first kappa shape index (κ1) is 13.9. The number of hydrogen-bond donors (Lipinski definition) is 1. The molecule has 0 radical (unpaired) electrons. The quantitative estimate of drug-likeness (QED) is 0.764. The molecule has 0 bridgehead atoms. The summed E-state index contributed by atoms with van der Waals surface area (Å²) in [5.74, 6) is -0.979. The normalized spacial score (nSPS) is 10.9. The van der Waals surface area contributed by atoms with Crippen molar-refractivity contribution in [3.8, 4) is 0 Å². The lowest BCUT2D eigenvalue weighted by Gasteiger charge is -2.20. The van der Waals surface area contributed by atoms with E-state index < -0.39 is 11.6 Å². The highest BCUT2D eigenvalue weighted by Crippen LogP contribution is 2.24. The van der Waals surface area contributed by atoms with E-state index >= 15 is 0 Å². The van der Waals surface area contributed by atoms with E-state index in [4.69, 9.17) is 0 Å². The van der Waals surface area contributed by atoms with Crippen molar-refractivity contribution in [1.29, 1.82) is 0 Å². The van der Waals surface area contributed by atoms with Crippen LogP contribution in [0.5, 0.6) is 0 Å². The molecule has 1 nitrogen and oxygen atoms in total. The Morgan fingerprint density at radius 1 is 1.12 bits per heavy atom. The van der Waals surface area contributed by atoms with Gasteiger partial charge in [0.1, 0.15) is 11.5 Å². The van der Waals surface area contributed by atoms with Crippen molar-refractivity contribution >= 4 is 5.69 Å². The maximum atomic E-state index is 13.8. The summed E-state index contributed by atoms with van der Waals surface area (Å²) in [5, 5.41) is 3.01. The van der Waals surface area contributed by atoms with E-state index in [9.17, 15) is 8.78 Å². The minimum atomic E-state index is -0.509. The second-order valence-corrected chi connectivity index (χ2v) is 4.47. The highest BCUT2D eigenvalue weighted by Gasteiger charge is 2.15. The predicted octanol–water partition coefficient (Wildman–Crippen LogP) is 4.65. The molecule has 17 heavy (non-hydrogen) atoms. The van der Waals surface area contributed by atoms with Crippen LogP contribution in [0.1, 0.15) is 45.1 Å². The molecule has 0 atom stereocenters. The lowest BCUT2D eigenvalue weighted by molar-refractivity contribution is 0.550. The monoisotopic (exact) mass is 241 g/mol. The molecule has 0 aromatic heterocycles. The summed E-state index contributed by atoms with van der Waals surface area (Å²) in [4.78, 5) is 0. The first-order chi connectivity index (χ1) is 8.10. The Bertz CT molecular complexity index is 357. The number of halogens is 2. The fraction of sp³-hybridized carbons (Fsp3) is 0.571. The minimum Gasteiger partial charge on any atom is -0.378 e. The lowest BCUT2D eigenvalue weighted by atomic mass is 10.1. The van der Waals surface area contributed by atoms with Gasteiger partial charge in [0.2, 0.25) is 0 Å². The zero-order valence-electron chi connectivity index (χ0n) is 10.8. The Labute approximate surface area is 102 Å². The SMILES string of the molecule is CCCC(CCC)Nc1c(F)ccc(C)c1F. The second kappa shape index (κ2) is 6.58. The summed E-state index contributed by atoms with van der Waals surface area (Å²) < 4.78 is 27.4. The number of nitrogens with one attached hydrogen (secondary N) is 1. The van der Waals surface area contributed by atoms with Crippen molar-refractivity contribution in [2.24, 2.45) is 0 Å². The second-order valence-electron chi connectivity index (χ2n) is 4.47. The summed E-state index contributed by atoms with van der Waals surface area (Å²) in [7, 11) is 0. The van der Waals surface area contributed by atoms with Crippen LogP contribution in [0.15, 0.2) is 12.1 Å². The number of aryl methyl sites for hydroxylation is 1. The van der Waals surface area contributed by atoms with Gasteiger partial charge in [-0.2, -0.15) is 0 Å². The van der Waals surface area contributed by atoms with Gasteiger partial charge in [-0.05, 0) is 31.4 Å². The van der Waals surface area contributed by atoms with Crippen LogP contribution in [0.25, 0.3) is 0 Å². The average Bonchev–Trinajstić information content (AvgIpc) is 2.30. The number of anilines is 1. The highest BCUT2D eigenvalue weighted by molar-refractivity contribution is 5.49. The molecule has 0 saturated heterocycles. The van der Waals surface area contributed by atoms with Gasteiger partial charge in [0, 0.05) is 6.04 Å². The summed E-state index contributed by atoms with van der Waals surface area (Å²) in [6, 6.07) is 2.93. The molecule has 3 heteroatoms. The molecule has 0 unspecified atom stereocenters. The van der Waals surface area contributed by atoms with E-state index in [2.05, 4.69) is 19.2 Å². The highest BCUT2D eigenvalue weighted by atomic mass is 19.1. The Morgan fingerprint density at radius 2 is 1.71 bits per heavy atom. The van der Waals surface area contributed by atoms with Crippen LogP contribution in [0.2, 0.25) is 0 Å². The molecular formula is C14H21F2N. The zero-order valence-corrected chi connectivity index (χ0v) is 10.8. The third-order valence-corrected chi connectivity index (χ3v) is 2.91. The third kappa shape index (κ3) is 3.69. The predicted molar refractivity (Wildman–Crippen MR) is 68.3 cm³/mol. The van der Waals surface area contributed by atoms with Crippen molar-refractivity contribution in [3.05, 3.63) is 29.3 Å². The number of hydrogen-bond acceptors (Lipinski definition) is 1. The molecule has 1 rings (SSSR count). The van der Waals surface area contributed by atoms with Crippen LogP contribution in [-0.4, -0.2) is 6.04 Å². The van der Waals surface area contributed by atoms with E-state index in [0.29, 0.717) is 5.56 Å². The molecule has 0 fully saturated rings. The Balaban J connectivity index is 2.88. The molecule has 96 valence electrons. The van der Waals surface area contributed by atoms with Gasteiger partial charge < -0.3 is 5.32 Å². The molecule has 0 amide bonds. The molecule has 0 aliphatic heterocycles. The maximum Gasteiger partial charge on any atom is 0.152 e. The van der Waals surface area contributed by atoms with Crippen molar-refractivity contribution in [1.82, 2.24) is 0 Å². The smallest absolute Gasteiger partial charge is 0.152 e. The Morgan fingerprint density at radius 3 is 2.24 bits per heavy atom. The molecule has 0 aliphatic rings. The fourth-order valence-electron chi connectivity index (χ4n) is 1.98. The topological polar surface area (TPSA) is 12.0 Å². The van der Waals surface area contributed by atoms with Gasteiger partial charge in [-0.15, -0.1) is 0 Å². The maximum absolute atomic E-state index is 13.8. The molecule has 0 heterocycles. The van der Waals surface area contributed by atoms with Gasteiger partial charge in [0.05, 0.1) is 0 Å². The molecule has 1 N–H and O–H groups in total. The van der Waals surface area contributed by atoms with Crippen LogP contribution < -0.4 is 5.32 Å². The summed E-state index contributed by atoms with van der Waals surface area (Å²) >= 11 is 0. The molecule has 0 spiro atoms. The van der Waals surface area contributed by atoms with Gasteiger partial charge >= 0.3 is 0 Å². The summed E-state index contributed by atoms with van der Waals surface area (Å²) in [5.41, 5.74) is 0.498. The number of benzene rings is 1. The summed E-state index contributed by atoms with van der Waals surface area (Å²) in [6.07, 6.45) is 3.88. The largest absolute Gasteiger partial charge is 0.378 e. The molecule has 1 aromatic carbocycles. The van der Waals surface area contributed by atoms with Crippen LogP contribution in [0.4, 0.5) is 14.5 Å². The number of rotatable bonds is 6. The van der Waals surface area contributed by atoms with Crippen LogP contribution in [-0.2, 0) is 0 Å². The van der Waals surface area contributed by atoms with E-state index in [1.54, 1.807) is 6.92 Å². The van der Waals surface area contributed by atoms with Crippen molar-refractivity contribution in [2.45, 2.75) is 52.5 Å². The van der Waals surface area contributed by atoms with Crippen molar-refractivity contribution in [3.63, 3.8) is 0 Å². The molecule has 1 aromatic rings. The van der Waals surface area contributed by atoms with Gasteiger partial charge in [0.15, 0.2) is 5.82 Å². The van der Waals surface area contributed by atoms with Gasteiger partial charge in [-0.25, -0.2) is 8.78 Å². The average molecular weight is 241 g/mol. The fourth-order valence-corrected chi connectivity index (χ4v) is 1.98. The first-order valence-corrected chi connectivity index (χ1v) is 6.31. The van der Waals surface area contributed by atoms with Gasteiger partial charge in [0.25, 0.3) is 0 Å². The Kier molecular flexibility index (Phi) is 5.39. The van der Waals surface area contributed by atoms with Gasteiger partial charge in [-0.1, -0.05) is 32.8 Å². The molecule has 0 saturated carbocycles. The van der Waals surface area contributed by atoms with E-state index in [1.165, 1.54) is 12.1 Å². The van der Waals surface area contributed by atoms with E-state index in [-0.39, 0.29) is 11.7 Å². The Hall–Kier alpha value is -1.12. The third-order valence-electron chi connectivity index (χ3n) is 2.91. The summed E-state index contributed by atoms with van der Waals surface area (Å²) in [6.45, 7) is 5.80. The van der Waals surface area contributed by atoms with E-state index in [0.717, 1.165) is 25.7 Å². The lowest BCUT2D eigenvalue weighted by Crippen LogP contribution is -2.20. The molecular weight excluding hydrogens is 220 g/mol. The van der Waals surface area contributed by atoms with Crippen LogP contribution >= 0.6 is 0 Å². The van der Waals surface area contributed by atoms with Gasteiger partial charge in [-0.3, -0.25) is 0 Å². The minimum absolute atomic E-state index is 0.0249. The zero-order chi connectivity index (χ0) is 12.8. The van der Waals surface area contributed by atoms with E-state index in [1.807, 2.05) is 0 Å². The van der Waals surface area contributed by atoms with Crippen LogP contribution in [0.3, 0.4) is 0 Å². The van der Waals surface area contributed by atoms with Crippen molar-refractivity contribution in [2.75, 3.05) is 5.32 Å². The first-order valence-electron chi connectivity index (χ1n) is 6.31. The molecule has 0 aliphatic carbocycles.